The molecule has 0 spiro atoms. The fourth-order valence-electron chi connectivity index (χ4n) is 0.953. The zero-order valence-corrected chi connectivity index (χ0v) is 10.1. The van der Waals surface area contributed by atoms with Crippen molar-refractivity contribution < 1.29 is 5.21 Å². The topological polar surface area (TPSA) is 58.6 Å². The van der Waals surface area contributed by atoms with Crippen LogP contribution < -0.4 is 5.73 Å². The van der Waals surface area contributed by atoms with Gasteiger partial charge in [-0.1, -0.05) is 41.6 Å². The fourth-order valence-corrected chi connectivity index (χ4v) is 1.37. The number of nitrogens with two attached hydrogens (primary N) is 1. The van der Waals surface area contributed by atoms with E-state index in [1.54, 1.807) is 12.1 Å². The number of amidine groups is 1. The molecular weight excluding hydrogens is 303 g/mol. The van der Waals surface area contributed by atoms with Gasteiger partial charge >= 0.3 is 0 Å². The van der Waals surface area contributed by atoms with E-state index < -0.39 is 0 Å². The van der Waals surface area contributed by atoms with E-state index in [9.17, 15) is 0 Å². The molecule has 0 radical (unpaired) electrons. The zero-order chi connectivity index (χ0) is 11.1. The van der Waals surface area contributed by atoms with Crippen LogP contribution in [0, 0.1) is 3.57 Å². The lowest BCUT2D eigenvalue weighted by molar-refractivity contribution is 0.318. The fraction of sp³-hybridized carbons (Fsp3) is 0. The molecule has 78 valence electrons. The average molecular weight is 314 g/mol. The molecule has 0 unspecified atom stereocenters. The maximum Gasteiger partial charge on any atom is 0.170 e. The highest BCUT2D eigenvalue weighted by Gasteiger charge is 1.92. The van der Waals surface area contributed by atoms with E-state index in [4.69, 9.17) is 10.9 Å². The van der Waals surface area contributed by atoms with Crippen LogP contribution in [0.4, 0.5) is 0 Å². The van der Waals surface area contributed by atoms with E-state index in [1.165, 1.54) is 0 Å². The number of halogens is 1. The molecule has 15 heavy (non-hydrogen) atoms. The molecule has 1 aromatic rings. The largest absolute Gasteiger partial charge is 0.409 e. The Bertz CT molecular complexity index is 389. The van der Waals surface area contributed by atoms with Gasteiger partial charge in [0, 0.05) is 9.13 Å². The highest BCUT2D eigenvalue weighted by molar-refractivity contribution is 14.1. The van der Waals surface area contributed by atoms with Crippen molar-refractivity contribution in [3.63, 3.8) is 0 Å². The van der Waals surface area contributed by atoms with Crippen molar-refractivity contribution in [3.8, 4) is 0 Å². The summed E-state index contributed by atoms with van der Waals surface area (Å²) < 4.78 is 1.13. The molecule has 4 heteroatoms. The van der Waals surface area contributed by atoms with Gasteiger partial charge < -0.3 is 10.9 Å². The summed E-state index contributed by atoms with van der Waals surface area (Å²) in [5, 5.41) is 11.5. The Labute approximate surface area is 102 Å². The van der Waals surface area contributed by atoms with Gasteiger partial charge in [0.1, 0.15) is 0 Å². The summed E-state index contributed by atoms with van der Waals surface area (Å²) in [6.45, 7) is 0. The molecule has 0 bridgehead atoms. The standard InChI is InChI=1S/C11H11IN2O/c12-10-7-3-1-5-9(11(13)14-15)6-2-4-8-10/h1-8,15H,(H2,13,14). The third-order valence-electron chi connectivity index (χ3n) is 1.69. The van der Waals surface area contributed by atoms with E-state index in [1.807, 2.05) is 36.4 Å². The van der Waals surface area contributed by atoms with Crippen LogP contribution in [-0.4, -0.2) is 11.0 Å². The predicted molar refractivity (Wildman–Crippen MR) is 69.3 cm³/mol. The molecule has 0 saturated carbocycles. The van der Waals surface area contributed by atoms with Crippen molar-refractivity contribution in [1.82, 2.24) is 0 Å². The number of rotatable bonds is 1. The Morgan fingerprint density at radius 3 is 2.00 bits per heavy atom. The summed E-state index contributed by atoms with van der Waals surface area (Å²) in [5.74, 6) is 0.101. The zero-order valence-electron chi connectivity index (χ0n) is 7.97. The van der Waals surface area contributed by atoms with Gasteiger partial charge in [0.05, 0.1) is 0 Å². The SMILES string of the molecule is N/C(=N\O)c1ccccc(I)cccc1. The highest BCUT2D eigenvalue weighted by Crippen LogP contribution is 2.00. The van der Waals surface area contributed by atoms with Crippen molar-refractivity contribution in [2.45, 2.75) is 0 Å². The summed E-state index contributed by atoms with van der Waals surface area (Å²) in [6.07, 6.45) is 0. The summed E-state index contributed by atoms with van der Waals surface area (Å²) in [7, 11) is 0. The van der Waals surface area contributed by atoms with Gasteiger partial charge in [0.15, 0.2) is 5.84 Å². The quantitative estimate of drug-likeness (QED) is 0.275. The van der Waals surface area contributed by atoms with Crippen LogP contribution in [0.1, 0.15) is 5.56 Å². The minimum Gasteiger partial charge on any atom is -0.409 e. The molecule has 1 aromatic carbocycles. The lowest BCUT2D eigenvalue weighted by Crippen LogP contribution is -2.12. The van der Waals surface area contributed by atoms with Crippen molar-refractivity contribution in [1.29, 1.82) is 0 Å². The first-order valence-electron chi connectivity index (χ1n) is 4.31. The van der Waals surface area contributed by atoms with E-state index in [2.05, 4.69) is 27.7 Å². The van der Waals surface area contributed by atoms with Crippen LogP contribution in [0.2, 0.25) is 0 Å². The first-order chi connectivity index (χ1) is 7.24. The van der Waals surface area contributed by atoms with Crippen LogP contribution in [-0.2, 0) is 0 Å². The molecule has 3 nitrogen and oxygen atoms in total. The Hall–Kier alpha value is -1.30. The molecule has 3 N–H and O–H groups in total. The molecule has 0 fully saturated rings. The minimum absolute atomic E-state index is 0.101. The number of oxime groups is 1. The van der Waals surface area contributed by atoms with Crippen molar-refractivity contribution in [2.24, 2.45) is 10.9 Å². The molecule has 0 saturated heterocycles. The van der Waals surface area contributed by atoms with Crippen LogP contribution in [0.3, 0.4) is 0 Å². The molecule has 1 rings (SSSR count). The highest BCUT2D eigenvalue weighted by atomic mass is 127. The number of nitrogens with zero attached hydrogens (tertiary/aromatic N) is 1. The molecular formula is C11H11IN2O. The second kappa shape index (κ2) is 6.23. The second-order valence-corrected chi connectivity index (χ2v) is 4.01. The van der Waals surface area contributed by atoms with Gasteiger partial charge in [-0.25, -0.2) is 0 Å². The van der Waals surface area contributed by atoms with Gasteiger partial charge in [0.2, 0.25) is 0 Å². The Morgan fingerprint density at radius 2 is 1.53 bits per heavy atom. The van der Waals surface area contributed by atoms with E-state index >= 15 is 0 Å². The van der Waals surface area contributed by atoms with Crippen LogP contribution in [0.25, 0.3) is 0 Å². The number of hydrogen-bond donors (Lipinski definition) is 2. The lowest BCUT2D eigenvalue weighted by atomic mass is 10.2. The van der Waals surface area contributed by atoms with Gasteiger partial charge in [-0.05, 0) is 34.7 Å². The lowest BCUT2D eigenvalue weighted by Gasteiger charge is -1.93. The minimum atomic E-state index is 0.101. The first-order valence-corrected chi connectivity index (χ1v) is 5.38. The Morgan fingerprint density at radius 1 is 1.07 bits per heavy atom. The molecule has 0 aromatic heterocycles. The van der Waals surface area contributed by atoms with Gasteiger partial charge in [0.25, 0.3) is 0 Å². The van der Waals surface area contributed by atoms with Crippen molar-refractivity contribution in [2.75, 3.05) is 0 Å². The first kappa shape index (κ1) is 11.8. The molecule has 0 amide bonds. The number of hydrogen-bond acceptors (Lipinski definition) is 2. The summed E-state index contributed by atoms with van der Waals surface area (Å²) >= 11 is 2.23. The molecule has 0 atom stereocenters. The van der Waals surface area contributed by atoms with Crippen LogP contribution >= 0.6 is 22.6 Å². The van der Waals surface area contributed by atoms with E-state index in [0.29, 0.717) is 5.56 Å². The normalized spacial score (nSPS) is 10.6. The van der Waals surface area contributed by atoms with Gasteiger partial charge in [-0.15, -0.1) is 0 Å². The summed E-state index contributed by atoms with van der Waals surface area (Å²) in [4.78, 5) is 0. The molecule has 0 heterocycles. The average Bonchev–Trinajstić information content (AvgIpc) is 2.26. The maximum atomic E-state index is 8.55. The van der Waals surface area contributed by atoms with E-state index in [-0.39, 0.29) is 5.84 Å². The summed E-state index contributed by atoms with van der Waals surface area (Å²) in [6, 6.07) is 15.0. The Balaban J connectivity index is 3.24. The molecule has 0 aliphatic rings. The van der Waals surface area contributed by atoms with Gasteiger partial charge in [-0.2, -0.15) is 0 Å². The van der Waals surface area contributed by atoms with Crippen molar-refractivity contribution in [3.05, 3.63) is 57.7 Å². The smallest absolute Gasteiger partial charge is 0.170 e. The van der Waals surface area contributed by atoms with Gasteiger partial charge in [-0.3, -0.25) is 0 Å². The van der Waals surface area contributed by atoms with Crippen molar-refractivity contribution >= 4 is 28.4 Å². The maximum absolute atomic E-state index is 8.55. The predicted octanol–water partition coefficient (Wildman–Crippen LogP) is 2.51. The molecule has 0 aliphatic heterocycles. The Kier molecular flexibility index (Phi) is 4.89. The summed E-state index contributed by atoms with van der Waals surface area (Å²) in [5.41, 5.74) is 6.16. The third kappa shape index (κ3) is 4.16. The van der Waals surface area contributed by atoms with Crippen LogP contribution in [0.5, 0.6) is 0 Å². The monoisotopic (exact) mass is 314 g/mol. The van der Waals surface area contributed by atoms with Crippen LogP contribution in [0.15, 0.2) is 53.7 Å². The third-order valence-corrected chi connectivity index (χ3v) is 2.41. The molecule has 0 aliphatic carbocycles. The van der Waals surface area contributed by atoms with E-state index in [0.717, 1.165) is 3.57 Å². The second-order valence-electron chi connectivity index (χ2n) is 2.76.